The molecule has 2 amide bonds. The van der Waals surface area contributed by atoms with E-state index in [9.17, 15) is 9.59 Å². The molecule has 1 aliphatic heterocycles. The molecule has 0 aromatic heterocycles. The molecule has 26 heavy (non-hydrogen) atoms. The third kappa shape index (κ3) is 5.95. The average molecular weight is 367 g/mol. The maximum atomic E-state index is 12.7. The number of hydrogen-bond acceptors (Lipinski definition) is 4. The van der Waals surface area contributed by atoms with Gasteiger partial charge in [-0.2, -0.15) is 0 Å². The van der Waals surface area contributed by atoms with Gasteiger partial charge in [0.05, 0.1) is 0 Å². The number of amides is 2. The predicted molar refractivity (Wildman–Crippen MR) is 105 cm³/mol. The van der Waals surface area contributed by atoms with E-state index in [-0.39, 0.29) is 23.8 Å². The minimum Gasteiger partial charge on any atom is -0.353 e. The van der Waals surface area contributed by atoms with E-state index >= 15 is 0 Å². The first kappa shape index (κ1) is 21.2. The summed E-state index contributed by atoms with van der Waals surface area (Å²) in [5.41, 5.74) is 5.54. The van der Waals surface area contributed by atoms with Crippen molar-refractivity contribution in [1.82, 2.24) is 15.1 Å². The largest absolute Gasteiger partial charge is 0.353 e. The van der Waals surface area contributed by atoms with Crippen LogP contribution in [0.3, 0.4) is 0 Å². The van der Waals surface area contributed by atoms with Crippen LogP contribution in [0.1, 0.15) is 53.4 Å². The van der Waals surface area contributed by atoms with E-state index in [0.717, 1.165) is 38.8 Å². The highest BCUT2D eigenvalue weighted by Crippen LogP contribution is 2.34. The zero-order valence-electron chi connectivity index (χ0n) is 17.0. The van der Waals surface area contributed by atoms with E-state index in [0.29, 0.717) is 37.5 Å². The van der Waals surface area contributed by atoms with Crippen LogP contribution in [0.2, 0.25) is 0 Å². The monoisotopic (exact) mass is 366 g/mol. The lowest BCUT2D eigenvalue weighted by Crippen LogP contribution is -2.58. The van der Waals surface area contributed by atoms with Crippen molar-refractivity contribution in [3.8, 4) is 0 Å². The first-order valence-corrected chi connectivity index (χ1v) is 10.4. The van der Waals surface area contributed by atoms with Crippen molar-refractivity contribution < 1.29 is 9.59 Å². The molecule has 2 rings (SSSR count). The van der Waals surface area contributed by atoms with Gasteiger partial charge in [0.15, 0.2) is 0 Å². The molecule has 3 N–H and O–H groups in total. The Balaban J connectivity index is 2.10. The first-order chi connectivity index (χ1) is 12.3. The molecule has 0 aromatic rings. The zero-order valence-corrected chi connectivity index (χ0v) is 17.0. The van der Waals surface area contributed by atoms with Crippen LogP contribution in [0.15, 0.2) is 0 Å². The Kier molecular flexibility index (Phi) is 7.89. The highest BCUT2D eigenvalue weighted by molar-refractivity contribution is 5.89. The van der Waals surface area contributed by atoms with Crippen LogP contribution >= 0.6 is 0 Å². The van der Waals surface area contributed by atoms with Crippen LogP contribution in [0.5, 0.6) is 0 Å². The maximum absolute atomic E-state index is 12.7. The molecule has 6 nitrogen and oxygen atoms in total. The molecule has 1 heterocycles. The molecule has 0 bridgehead atoms. The van der Waals surface area contributed by atoms with Gasteiger partial charge in [-0.3, -0.25) is 14.5 Å². The van der Waals surface area contributed by atoms with Crippen molar-refractivity contribution in [2.24, 2.45) is 23.5 Å². The van der Waals surface area contributed by atoms with Crippen LogP contribution < -0.4 is 11.1 Å². The summed E-state index contributed by atoms with van der Waals surface area (Å²) in [7, 11) is 0. The quantitative estimate of drug-likeness (QED) is 0.647. The lowest BCUT2D eigenvalue weighted by Gasteiger charge is -2.44. The summed E-state index contributed by atoms with van der Waals surface area (Å²) in [6.07, 6.45) is 3.64. The molecule has 1 saturated carbocycles. The predicted octanol–water partition coefficient (Wildman–Crippen LogP) is 1.44. The van der Waals surface area contributed by atoms with Crippen molar-refractivity contribution in [3.05, 3.63) is 0 Å². The Morgan fingerprint density at radius 3 is 2.23 bits per heavy atom. The topological polar surface area (TPSA) is 78.7 Å². The van der Waals surface area contributed by atoms with Crippen LogP contribution in [-0.4, -0.2) is 66.4 Å². The molecule has 0 spiro atoms. The van der Waals surface area contributed by atoms with Gasteiger partial charge in [0.25, 0.3) is 0 Å². The van der Waals surface area contributed by atoms with E-state index in [2.05, 4.69) is 37.9 Å². The molecule has 2 fully saturated rings. The van der Waals surface area contributed by atoms with Gasteiger partial charge in [-0.05, 0) is 37.5 Å². The van der Waals surface area contributed by atoms with Crippen molar-refractivity contribution in [3.63, 3.8) is 0 Å². The Bertz CT molecular complexity index is 466. The van der Waals surface area contributed by atoms with Gasteiger partial charge >= 0.3 is 0 Å². The SMILES string of the molecule is CC(C)CN(CC(C)C)C1CCN(C(=O)C2CC2)[C@@H](C(=O)NCCN)C1. The zero-order chi connectivity index (χ0) is 19.3. The first-order valence-electron chi connectivity index (χ1n) is 10.4. The van der Waals surface area contributed by atoms with E-state index in [4.69, 9.17) is 5.73 Å². The highest BCUT2D eigenvalue weighted by atomic mass is 16.2. The summed E-state index contributed by atoms with van der Waals surface area (Å²) in [5.74, 6) is 1.46. The second-order valence-corrected chi connectivity index (χ2v) is 8.82. The molecular formula is C20H38N4O2. The van der Waals surface area contributed by atoms with Gasteiger partial charge in [0.1, 0.15) is 6.04 Å². The number of hydrogen-bond donors (Lipinski definition) is 2. The number of piperidine rings is 1. The summed E-state index contributed by atoms with van der Waals surface area (Å²) in [5, 5.41) is 2.91. The van der Waals surface area contributed by atoms with Crippen LogP contribution in [0.25, 0.3) is 0 Å². The molecule has 6 heteroatoms. The lowest BCUT2D eigenvalue weighted by atomic mass is 9.93. The third-order valence-corrected chi connectivity index (χ3v) is 5.25. The van der Waals surface area contributed by atoms with E-state index in [1.54, 1.807) is 0 Å². The van der Waals surface area contributed by atoms with Gasteiger partial charge in [0.2, 0.25) is 11.8 Å². The van der Waals surface area contributed by atoms with Crippen LogP contribution in [0.4, 0.5) is 0 Å². The standard InChI is InChI=1S/C20H38N4O2/c1-14(2)12-23(13-15(3)4)17-7-10-24(20(26)16-5-6-16)18(11-17)19(25)22-9-8-21/h14-18H,5-13,21H2,1-4H3,(H,22,25)/t17?,18-/m1/s1. The molecule has 2 aliphatic rings. The Labute approximate surface area is 158 Å². The van der Waals surface area contributed by atoms with Gasteiger partial charge in [-0.15, -0.1) is 0 Å². The second-order valence-electron chi connectivity index (χ2n) is 8.82. The van der Waals surface area contributed by atoms with Crippen molar-refractivity contribution in [2.75, 3.05) is 32.7 Å². The molecular weight excluding hydrogens is 328 g/mol. The average Bonchev–Trinajstić information content (AvgIpc) is 3.42. The fourth-order valence-electron chi connectivity index (χ4n) is 3.98. The number of likely N-dealkylation sites (tertiary alicyclic amines) is 1. The number of nitrogens with two attached hydrogens (primary N) is 1. The molecule has 1 saturated heterocycles. The van der Waals surface area contributed by atoms with E-state index in [1.165, 1.54) is 0 Å². The van der Waals surface area contributed by atoms with E-state index < -0.39 is 0 Å². The van der Waals surface area contributed by atoms with Gasteiger partial charge in [0, 0.05) is 44.7 Å². The Hall–Kier alpha value is -1.14. The number of rotatable bonds is 9. The van der Waals surface area contributed by atoms with E-state index in [1.807, 2.05) is 4.90 Å². The lowest BCUT2D eigenvalue weighted by molar-refractivity contribution is -0.144. The molecule has 2 atom stereocenters. The Morgan fingerprint density at radius 1 is 1.12 bits per heavy atom. The number of carbonyl (C=O) groups excluding carboxylic acids is 2. The molecule has 0 radical (unpaired) electrons. The summed E-state index contributed by atoms with van der Waals surface area (Å²) in [6.45, 7) is 12.6. The highest BCUT2D eigenvalue weighted by Gasteiger charge is 2.42. The van der Waals surface area contributed by atoms with Crippen LogP contribution in [-0.2, 0) is 9.59 Å². The number of nitrogens with one attached hydrogen (secondary N) is 1. The van der Waals surface area contributed by atoms with Crippen molar-refractivity contribution >= 4 is 11.8 Å². The minimum atomic E-state index is -0.352. The second kappa shape index (κ2) is 9.70. The van der Waals surface area contributed by atoms with Gasteiger partial charge in [-0.1, -0.05) is 27.7 Å². The summed E-state index contributed by atoms with van der Waals surface area (Å²) >= 11 is 0. The van der Waals surface area contributed by atoms with Gasteiger partial charge < -0.3 is 16.0 Å². The van der Waals surface area contributed by atoms with Crippen molar-refractivity contribution in [1.29, 1.82) is 0 Å². The molecule has 1 aliphatic carbocycles. The fraction of sp³-hybridized carbons (Fsp3) is 0.900. The number of carbonyl (C=O) groups is 2. The molecule has 1 unspecified atom stereocenters. The Morgan fingerprint density at radius 2 is 1.73 bits per heavy atom. The third-order valence-electron chi connectivity index (χ3n) is 5.25. The van der Waals surface area contributed by atoms with Gasteiger partial charge in [-0.25, -0.2) is 0 Å². The van der Waals surface area contributed by atoms with Crippen molar-refractivity contribution in [2.45, 2.75) is 65.5 Å². The summed E-state index contributed by atoms with van der Waals surface area (Å²) < 4.78 is 0. The molecule has 0 aromatic carbocycles. The normalized spacial score (nSPS) is 23.8. The molecule has 150 valence electrons. The summed E-state index contributed by atoms with van der Waals surface area (Å²) in [4.78, 5) is 29.8. The minimum absolute atomic E-state index is 0.0387. The summed E-state index contributed by atoms with van der Waals surface area (Å²) in [6, 6.07) is 0.00639. The van der Waals surface area contributed by atoms with Crippen LogP contribution in [0, 0.1) is 17.8 Å². The maximum Gasteiger partial charge on any atom is 0.242 e. The number of nitrogens with zero attached hydrogens (tertiary/aromatic N) is 2. The fourth-order valence-corrected chi connectivity index (χ4v) is 3.98. The smallest absolute Gasteiger partial charge is 0.242 e.